The maximum absolute atomic E-state index is 12.0. The van der Waals surface area contributed by atoms with Gasteiger partial charge in [-0.2, -0.15) is 0 Å². The fourth-order valence-electron chi connectivity index (χ4n) is 2.84. The SMILES string of the molecule is CC(C)(C)OC(=O)c1ccc(C2CCN(CC(=O)O)CC2)cc1. The van der Waals surface area contributed by atoms with Crippen LogP contribution in [0.2, 0.25) is 0 Å². The van der Waals surface area contributed by atoms with Crippen LogP contribution in [0.4, 0.5) is 0 Å². The lowest BCUT2D eigenvalue weighted by Gasteiger charge is -2.31. The molecule has 0 amide bonds. The second-order valence-corrected chi connectivity index (χ2v) is 7.07. The van der Waals surface area contributed by atoms with Crippen molar-refractivity contribution in [3.8, 4) is 0 Å². The van der Waals surface area contributed by atoms with Crippen LogP contribution in [-0.4, -0.2) is 47.2 Å². The number of carboxylic acid groups (broad SMARTS) is 1. The molecule has 1 saturated heterocycles. The van der Waals surface area contributed by atoms with Gasteiger partial charge in [0.1, 0.15) is 5.60 Å². The van der Waals surface area contributed by atoms with Crippen LogP contribution in [0.3, 0.4) is 0 Å². The van der Waals surface area contributed by atoms with Crippen LogP contribution in [0.25, 0.3) is 0 Å². The second kappa shape index (κ2) is 7.13. The van der Waals surface area contributed by atoms with Crippen molar-refractivity contribution >= 4 is 11.9 Å². The predicted molar refractivity (Wildman–Crippen MR) is 87.7 cm³/mol. The van der Waals surface area contributed by atoms with Crippen LogP contribution in [0.1, 0.15) is 55.5 Å². The Hall–Kier alpha value is -1.88. The molecule has 0 spiro atoms. The van der Waals surface area contributed by atoms with E-state index < -0.39 is 11.6 Å². The molecule has 0 aliphatic carbocycles. The van der Waals surface area contributed by atoms with Crippen molar-refractivity contribution in [2.45, 2.75) is 45.1 Å². The van der Waals surface area contributed by atoms with Crippen LogP contribution in [0.15, 0.2) is 24.3 Å². The summed E-state index contributed by atoms with van der Waals surface area (Å²) >= 11 is 0. The molecule has 1 aromatic rings. The first-order valence-corrected chi connectivity index (χ1v) is 8.02. The number of piperidine rings is 1. The van der Waals surface area contributed by atoms with Gasteiger partial charge in [0.25, 0.3) is 0 Å². The topological polar surface area (TPSA) is 66.8 Å². The van der Waals surface area contributed by atoms with Gasteiger partial charge in [0.15, 0.2) is 0 Å². The van der Waals surface area contributed by atoms with Gasteiger partial charge in [0.2, 0.25) is 0 Å². The van der Waals surface area contributed by atoms with Crippen molar-refractivity contribution in [3.63, 3.8) is 0 Å². The molecular formula is C18H25NO4. The summed E-state index contributed by atoms with van der Waals surface area (Å²) in [5.74, 6) is -0.654. The van der Waals surface area contributed by atoms with E-state index in [2.05, 4.69) is 0 Å². The van der Waals surface area contributed by atoms with E-state index >= 15 is 0 Å². The van der Waals surface area contributed by atoms with Gasteiger partial charge in [-0.1, -0.05) is 12.1 Å². The van der Waals surface area contributed by atoms with Gasteiger partial charge >= 0.3 is 11.9 Å². The predicted octanol–water partition coefficient (Wildman–Crippen LogP) is 2.91. The van der Waals surface area contributed by atoms with Crippen molar-refractivity contribution in [2.75, 3.05) is 19.6 Å². The van der Waals surface area contributed by atoms with Gasteiger partial charge in [-0.3, -0.25) is 9.69 Å². The Morgan fingerprint density at radius 1 is 1.17 bits per heavy atom. The first kappa shape index (κ1) is 17.5. The molecule has 2 rings (SSSR count). The smallest absolute Gasteiger partial charge is 0.338 e. The number of rotatable bonds is 4. The van der Waals surface area contributed by atoms with Crippen LogP contribution < -0.4 is 0 Å². The Labute approximate surface area is 137 Å². The molecule has 5 nitrogen and oxygen atoms in total. The zero-order chi connectivity index (χ0) is 17.0. The lowest BCUT2D eigenvalue weighted by atomic mass is 9.89. The highest BCUT2D eigenvalue weighted by Gasteiger charge is 2.22. The molecular weight excluding hydrogens is 294 g/mol. The normalized spacial score (nSPS) is 17.0. The minimum Gasteiger partial charge on any atom is -0.480 e. The Bertz CT molecular complexity index is 551. The maximum atomic E-state index is 12.0. The van der Waals surface area contributed by atoms with Gasteiger partial charge in [0.05, 0.1) is 12.1 Å². The number of likely N-dealkylation sites (tertiary alicyclic amines) is 1. The molecule has 0 atom stereocenters. The third-order valence-corrected chi connectivity index (χ3v) is 3.96. The van der Waals surface area contributed by atoms with Crippen molar-refractivity contribution in [2.24, 2.45) is 0 Å². The number of carbonyl (C=O) groups excluding carboxylic acids is 1. The van der Waals surface area contributed by atoms with Crippen molar-refractivity contribution in [3.05, 3.63) is 35.4 Å². The molecule has 126 valence electrons. The average molecular weight is 319 g/mol. The zero-order valence-electron chi connectivity index (χ0n) is 14.0. The molecule has 1 N–H and O–H groups in total. The number of esters is 1. The van der Waals surface area contributed by atoms with Gasteiger partial charge in [-0.15, -0.1) is 0 Å². The molecule has 1 aromatic carbocycles. The summed E-state index contributed by atoms with van der Waals surface area (Å²) in [4.78, 5) is 24.7. The lowest BCUT2D eigenvalue weighted by molar-refractivity contribution is -0.138. The van der Waals surface area contributed by atoms with E-state index in [0.717, 1.165) is 25.9 Å². The minimum absolute atomic E-state index is 0.115. The van der Waals surface area contributed by atoms with Crippen molar-refractivity contribution < 1.29 is 19.4 Å². The highest BCUT2D eigenvalue weighted by Crippen LogP contribution is 2.28. The Kier molecular flexibility index (Phi) is 5.42. The number of hydrogen-bond acceptors (Lipinski definition) is 4. The van der Waals surface area contributed by atoms with E-state index in [9.17, 15) is 9.59 Å². The molecule has 0 radical (unpaired) electrons. The van der Waals surface area contributed by atoms with Crippen LogP contribution in [0.5, 0.6) is 0 Å². The molecule has 23 heavy (non-hydrogen) atoms. The first-order valence-electron chi connectivity index (χ1n) is 8.02. The third kappa shape index (κ3) is 5.36. The largest absolute Gasteiger partial charge is 0.480 e. The lowest BCUT2D eigenvalue weighted by Crippen LogP contribution is -2.36. The molecule has 1 aliphatic rings. The fraction of sp³-hybridized carbons (Fsp3) is 0.556. The van der Waals surface area contributed by atoms with Gasteiger partial charge in [0, 0.05) is 0 Å². The highest BCUT2D eigenvalue weighted by molar-refractivity contribution is 5.89. The summed E-state index contributed by atoms with van der Waals surface area (Å²) in [5, 5.41) is 8.83. The zero-order valence-corrected chi connectivity index (χ0v) is 14.0. The standard InChI is InChI=1S/C18H25NO4/c1-18(2,3)23-17(22)15-6-4-13(5-7-15)14-8-10-19(11-9-14)12-16(20)21/h4-7,14H,8-12H2,1-3H3,(H,20,21). The molecule has 0 bridgehead atoms. The first-order chi connectivity index (χ1) is 10.7. The molecule has 0 aromatic heterocycles. The van der Waals surface area contributed by atoms with Crippen LogP contribution >= 0.6 is 0 Å². The van der Waals surface area contributed by atoms with E-state index in [4.69, 9.17) is 9.84 Å². The average Bonchev–Trinajstić information content (AvgIpc) is 2.46. The molecule has 1 aliphatic heterocycles. The van der Waals surface area contributed by atoms with Crippen molar-refractivity contribution in [1.82, 2.24) is 4.90 Å². The van der Waals surface area contributed by atoms with E-state index in [-0.39, 0.29) is 12.5 Å². The van der Waals surface area contributed by atoms with E-state index in [0.29, 0.717) is 11.5 Å². The minimum atomic E-state index is -0.773. The summed E-state index contributed by atoms with van der Waals surface area (Å²) < 4.78 is 5.36. The Balaban J connectivity index is 1.93. The second-order valence-electron chi connectivity index (χ2n) is 7.07. The summed E-state index contributed by atoms with van der Waals surface area (Å²) in [5.41, 5.74) is 1.27. The summed E-state index contributed by atoms with van der Waals surface area (Å²) in [6.07, 6.45) is 1.89. The van der Waals surface area contributed by atoms with E-state index in [1.807, 2.05) is 49.9 Å². The number of ether oxygens (including phenoxy) is 1. The summed E-state index contributed by atoms with van der Waals surface area (Å²) in [6.45, 7) is 7.26. The molecule has 5 heteroatoms. The number of carbonyl (C=O) groups is 2. The van der Waals surface area contributed by atoms with E-state index in [1.165, 1.54) is 5.56 Å². The number of carboxylic acids is 1. The fourth-order valence-corrected chi connectivity index (χ4v) is 2.84. The van der Waals surface area contributed by atoms with Crippen molar-refractivity contribution in [1.29, 1.82) is 0 Å². The Morgan fingerprint density at radius 3 is 2.22 bits per heavy atom. The third-order valence-electron chi connectivity index (χ3n) is 3.96. The number of benzene rings is 1. The molecule has 0 unspecified atom stereocenters. The molecule has 1 fully saturated rings. The quantitative estimate of drug-likeness (QED) is 0.864. The Morgan fingerprint density at radius 2 is 1.74 bits per heavy atom. The number of nitrogens with zero attached hydrogens (tertiary/aromatic N) is 1. The summed E-state index contributed by atoms with van der Waals surface area (Å²) in [6, 6.07) is 7.59. The van der Waals surface area contributed by atoms with Crippen LogP contribution in [0, 0.1) is 0 Å². The van der Waals surface area contributed by atoms with Gasteiger partial charge < -0.3 is 9.84 Å². The molecule has 1 heterocycles. The molecule has 0 saturated carbocycles. The van der Waals surface area contributed by atoms with E-state index in [1.54, 1.807) is 0 Å². The number of aliphatic carboxylic acids is 1. The van der Waals surface area contributed by atoms with Gasteiger partial charge in [-0.25, -0.2) is 4.79 Å². The summed E-state index contributed by atoms with van der Waals surface area (Å²) in [7, 11) is 0. The maximum Gasteiger partial charge on any atom is 0.338 e. The van der Waals surface area contributed by atoms with Crippen LogP contribution in [-0.2, 0) is 9.53 Å². The highest BCUT2D eigenvalue weighted by atomic mass is 16.6. The monoisotopic (exact) mass is 319 g/mol. The van der Waals surface area contributed by atoms with Gasteiger partial charge in [-0.05, 0) is 70.3 Å². The number of hydrogen-bond donors (Lipinski definition) is 1.